The van der Waals surface area contributed by atoms with Gasteiger partial charge in [0, 0.05) is 30.4 Å². The minimum Gasteiger partial charge on any atom is -0.462 e. The molecule has 1 aliphatic carbocycles. The number of carbonyl (C=O) groups excluding carboxylic acids is 2. The highest BCUT2D eigenvalue weighted by Crippen LogP contribution is 2.32. The van der Waals surface area contributed by atoms with E-state index in [1.165, 1.54) is 11.3 Å². The minimum atomic E-state index is -0.222. The van der Waals surface area contributed by atoms with Crippen LogP contribution in [-0.2, 0) is 11.2 Å². The number of fused-ring (bicyclic) bond motifs is 2. The molecule has 2 aromatic carbocycles. The largest absolute Gasteiger partial charge is 0.462 e. The fraction of sp³-hybridized carbons (Fsp3) is 0.185. The van der Waals surface area contributed by atoms with Crippen molar-refractivity contribution in [3.63, 3.8) is 0 Å². The standard InChI is InChI=1S/C27H23NO3/c1-17-14-20(25-26(29)22-7-3-4-8-23(22)27(25)30)16-21(31-17)11-9-18-10-12-24-19(15-18)6-5-13-28(24)2/h3-4,7-12,14-16H,5-6,13H2,1-2H3/b11-9+. The van der Waals surface area contributed by atoms with Gasteiger partial charge in [-0.05, 0) is 66.8 Å². The molecule has 4 heteroatoms. The van der Waals surface area contributed by atoms with Gasteiger partial charge in [-0.2, -0.15) is 0 Å². The molecule has 31 heavy (non-hydrogen) atoms. The third-order valence-electron chi connectivity index (χ3n) is 5.99. The Morgan fingerprint density at radius 3 is 2.45 bits per heavy atom. The number of rotatable bonds is 2. The van der Waals surface area contributed by atoms with Crippen LogP contribution in [0.2, 0.25) is 0 Å². The van der Waals surface area contributed by atoms with Gasteiger partial charge in [-0.1, -0.05) is 36.4 Å². The number of ether oxygens (including phenoxy) is 1. The van der Waals surface area contributed by atoms with E-state index in [1.54, 1.807) is 36.4 Å². The number of hydrogen-bond donors (Lipinski definition) is 0. The number of hydrogen-bond acceptors (Lipinski definition) is 4. The summed E-state index contributed by atoms with van der Waals surface area (Å²) in [4.78, 5) is 28.0. The molecule has 2 aromatic rings. The molecule has 0 atom stereocenters. The molecule has 0 fully saturated rings. The average Bonchev–Trinajstić information content (AvgIpc) is 3.02. The highest BCUT2D eigenvalue weighted by molar-refractivity contribution is 6.40. The van der Waals surface area contributed by atoms with Crippen LogP contribution in [0, 0.1) is 0 Å². The van der Waals surface area contributed by atoms with Gasteiger partial charge in [-0.3, -0.25) is 9.59 Å². The minimum absolute atomic E-state index is 0.214. The number of ketones is 2. The zero-order valence-corrected chi connectivity index (χ0v) is 17.6. The number of aryl methyl sites for hydroxylation is 1. The van der Waals surface area contributed by atoms with Crippen LogP contribution in [0.25, 0.3) is 6.08 Å². The number of benzene rings is 2. The number of carbonyl (C=O) groups is 2. The van der Waals surface area contributed by atoms with Crippen LogP contribution in [-0.4, -0.2) is 25.2 Å². The van der Waals surface area contributed by atoms with E-state index in [4.69, 9.17) is 4.74 Å². The molecule has 4 nitrogen and oxygen atoms in total. The number of nitrogens with zero attached hydrogens (tertiary/aromatic N) is 1. The van der Waals surface area contributed by atoms with E-state index in [-0.39, 0.29) is 17.1 Å². The van der Waals surface area contributed by atoms with Gasteiger partial charge in [0.15, 0.2) is 11.6 Å². The Hall–Kier alpha value is -3.66. The number of allylic oxidation sites excluding steroid dienone is 6. The maximum absolute atomic E-state index is 12.9. The van der Waals surface area contributed by atoms with Crippen LogP contribution >= 0.6 is 0 Å². The maximum Gasteiger partial charge on any atom is 0.198 e. The predicted molar refractivity (Wildman–Crippen MR) is 122 cm³/mol. The monoisotopic (exact) mass is 409 g/mol. The zero-order chi connectivity index (χ0) is 21.5. The number of Topliss-reactive ketones (excluding diaryl/α,β-unsaturated/α-hetero) is 2. The summed E-state index contributed by atoms with van der Waals surface area (Å²) in [6.07, 6.45) is 9.67. The van der Waals surface area contributed by atoms with Gasteiger partial charge >= 0.3 is 0 Å². The fourth-order valence-corrected chi connectivity index (χ4v) is 4.49. The first-order valence-electron chi connectivity index (χ1n) is 10.5. The third-order valence-corrected chi connectivity index (χ3v) is 5.99. The zero-order valence-electron chi connectivity index (χ0n) is 17.6. The van der Waals surface area contributed by atoms with Crippen molar-refractivity contribution in [2.45, 2.75) is 19.8 Å². The molecule has 3 aliphatic rings. The van der Waals surface area contributed by atoms with Gasteiger partial charge in [0.05, 0.1) is 5.57 Å². The molecule has 154 valence electrons. The molecule has 0 saturated heterocycles. The first-order valence-corrected chi connectivity index (χ1v) is 10.5. The summed E-state index contributed by atoms with van der Waals surface area (Å²) in [5.74, 6) is 0.807. The molecule has 2 heterocycles. The van der Waals surface area contributed by atoms with Crippen LogP contribution < -0.4 is 4.90 Å². The Morgan fingerprint density at radius 1 is 0.968 bits per heavy atom. The first kappa shape index (κ1) is 19.3. The number of anilines is 1. The summed E-state index contributed by atoms with van der Waals surface area (Å²) < 4.78 is 5.85. The van der Waals surface area contributed by atoms with Crippen molar-refractivity contribution in [3.05, 3.63) is 106 Å². The Bertz CT molecular complexity index is 1210. The van der Waals surface area contributed by atoms with Gasteiger partial charge in [-0.25, -0.2) is 0 Å². The fourth-order valence-electron chi connectivity index (χ4n) is 4.49. The summed E-state index contributed by atoms with van der Waals surface area (Å²) >= 11 is 0. The molecular weight excluding hydrogens is 386 g/mol. The van der Waals surface area contributed by atoms with Gasteiger partial charge in [-0.15, -0.1) is 0 Å². The lowest BCUT2D eigenvalue weighted by Gasteiger charge is -2.27. The summed E-state index contributed by atoms with van der Waals surface area (Å²) in [6.45, 7) is 2.92. The molecule has 0 radical (unpaired) electrons. The van der Waals surface area contributed by atoms with Crippen LogP contribution in [0.15, 0.2) is 83.4 Å². The van der Waals surface area contributed by atoms with Gasteiger partial charge < -0.3 is 9.64 Å². The van der Waals surface area contributed by atoms with E-state index in [0.29, 0.717) is 28.2 Å². The summed E-state index contributed by atoms with van der Waals surface area (Å²) in [5, 5.41) is 0. The van der Waals surface area contributed by atoms with E-state index in [9.17, 15) is 9.59 Å². The average molecular weight is 409 g/mol. The topological polar surface area (TPSA) is 46.6 Å². The highest BCUT2D eigenvalue weighted by Gasteiger charge is 2.35. The lowest BCUT2D eigenvalue weighted by Crippen LogP contribution is -2.24. The Balaban J connectivity index is 1.47. The highest BCUT2D eigenvalue weighted by atomic mass is 16.5. The molecule has 2 aliphatic heterocycles. The molecule has 0 amide bonds. The molecule has 0 bridgehead atoms. The van der Waals surface area contributed by atoms with Crippen molar-refractivity contribution < 1.29 is 14.3 Å². The van der Waals surface area contributed by atoms with Gasteiger partial charge in [0.2, 0.25) is 0 Å². The Kier molecular flexibility index (Phi) is 4.70. The van der Waals surface area contributed by atoms with Crippen LogP contribution in [0.4, 0.5) is 5.69 Å². The second-order valence-electron chi connectivity index (χ2n) is 8.18. The second-order valence-corrected chi connectivity index (χ2v) is 8.18. The first-order chi connectivity index (χ1) is 15.0. The lowest BCUT2D eigenvalue weighted by atomic mass is 9.99. The van der Waals surface area contributed by atoms with E-state index in [0.717, 1.165) is 24.9 Å². The molecule has 0 aromatic heterocycles. The van der Waals surface area contributed by atoms with Crippen molar-refractivity contribution >= 4 is 23.3 Å². The van der Waals surface area contributed by atoms with Crippen LogP contribution in [0.3, 0.4) is 0 Å². The smallest absolute Gasteiger partial charge is 0.198 e. The van der Waals surface area contributed by atoms with Crippen molar-refractivity contribution in [1.82, 2.24) is 0 Å². The van der Waals surface area contributed by atoms with Gasteiger partial charge in [0.1, 0.15) is 11.5 Å². The Labute approximate surface area is 181 Å². The van der Waals surface area contributed by atoms with E-state index in [1.807, 2.05) is 19.1 Å². The predicted octanol–water partition coefficient (Wildman–Crippen LogP) is 5.28. The third kappa shape index (κ3) is 3.44. The molecule has 0 N–H and O–H groups in total. The van der Waals surface area contributed by atoms with Crippen molar-refractivity contribution in [1.29, 1.82) is 0 Å². The second kappa shape index (κ2) is 7.55. The van der Waals surface area contributed by atoms with Gasteiger partial charge in [0.25, 0.3) is 0 Å². The maximum atomic E-state index is 12.9. The molecule has 0 spiro atoms. The van der Waals surface area contributed by atoms with E-state index < -0.39 is 0 Å². The van der Waals surface area contributed by atoms with Crippen LogP contribution in [0.1, 0.15) is 45.2 Å². The van der Waals surface area contributed by atoms with Crippen molar-refractivity contribution in [2.24, 2.45) is 0 Å². The van der Waals surface area contributed by atoms with E-state index in [2.05, 4.69) is 30.1 Å². The van der Waals surface area contributed by atoms with Crippen molar-refractivity contribution in [2.75, 3.05) is 18.5 Å². The molecule has 5 rings (SSSR count). The SMILES string of the molecule is CC1=CC(=C2C(=O)c3ccccc3C2=O)C=C(/C=C/c2ccc3c(c2)CCCN3C)O1. The molecular formula is C27H23NO3. The van der Waals surface area contributed by atoms with Crippen LogP contribution in [0.5, 0.6) is 0 Å². The summed E-state index contributed by atoms with van der Waals surface area (Å²) in [6, 6.07) is 13.5. The molecule has 0 unspecified atom stereocenters. The quantitative estimate of drug-likeness (QED) is 0.500. The summed E-state index contributed by atoms with van der Waals surface area (Å²) in [5.41, 5.74) is 5.50. The normalized spacial score (nSPS) is 18.1. The Morgan fingerprint density at radius 2 is 1.71 bits per heavy atom. The van der Waals surface area contributed by atoms with Crippen molar-refractivity contribution in [3.8, 4) is 0 Å². The molecule has 0 saturated carbocycles. The summed E-state index contributed by atoms with van der Waals surface area (Å²) in [7, 11) is 2.13. The lowest BCUT2D eigenvalue weighted by molar-refractivity contribution is 0.0988. The van der Waals surface area contributed by atoms with E-state index >= 15 is 0 Å².